The Hall–Kier alpha value is -3.00. The van der Waals surface area contributed by atoms with Gasteiger partial charge in [-0.1, -0.05) is 54.2 Å². The van der Waals surface area contributed by atoms with Crippen molar-refractivity contribution in [1.82, 2.24) is 20.1 Å². The van der Waals surface area contributed by atoms with Crippen LogP contribution < -0.4 is 14.8 Å². The van der Waals surface area contributed by atoms with Crippen LogP contribution in [0.5, 0.6) is 11.5 Å². The number of para-hydroxylation sites is 2. The van der Waals surface area contributed by atoms with E-state index in [0.29, 0.717) is 22.5 Å². The molecule has 0 saturated heterocycles. The minimum Gasteiger partial charge on any atom is -0.493 e. The quantitative estimate of drug-likeness (QED) is 0.522. The lowest BCUT2D eigenvalue weighted by molar-refractivity contribution is -0.119. The van der Waals surface area contributed by atoms with Crippen LogP contribution in [0.2, 0.25) is 0 Å². The standard InChI is InChI=1S/C22H26N4O3S/c1-15(17-10-6-5-7-11-17)23-20(27)14-30-22-25-24-21(26(22)3)16(2)29-19-13-9-8-12-18(19)28-4/h5-13,15-16H,14H2,1-4H3,(H,23,27). The van der Waals surface area contributed by atoms with Crippen LogP contribution in [-0.4, -0.2) is 33.5 Å². The molecule has 0 saturated carbocycles. The van der Waals surface area contributed by atoms with E-state index in [2.05, 4.69) is 15.5 Å². The average Bonchev–Trinajstić information content (AvgIpc) is 3.13. The first-order valence-electron chi connectivity index (χ1n) is 9.65. The van der Waals surface area contributed by atoms with E-state index in [4.69, 9.17) is 9.47 Å². The highest BCUT2D eigenvalue weighted by atomic mass is 32.2. The minimum absolute atomic E-state index is 0.0522. The van der Waals surface area contributed by atoms with Gasteiger partial charge in [-0.25, -0.2) is 0 Å². The van der Waals surface area contributed by atoms with Gasteiger partial charge in [-0.2, -0.15) is 0 Å². The number of carbonyl (C=O) groups excluding carboxylic acids is 1. The Kier molecular flexibility index (Phi) is 7.35. The van der Waals surface area contributed by atoms with Gasteiger partial charge in [0.15, 0.2) is 28.6 Å². The Bertz CT molecular complexity index is 978. The highest BCUT2D eigenvalue weighted by molar-refractivity contribution is 7.99. The van der Waals surface area contributed by atoms with Crippen LogP contribution in [0.15, 0.2) is 59.8 Å². The molecule has 1 aromatic heterocycles. The van der Waals surface area contributed by atoms with E-state index in [-0.39, 0.29) is 23.8 Å². The van der Waals surface area contributed by atoms with Crippen molar-refractivity contribution in [1.29, 1.82) is 0 Å². The molecule has 1 N–H and O–H groups in total. The molecule has 1 amide bonds. The maximum Gasteiger partial charge on any atom is 0.230 e. The normalized spacial score (nSPS) is 12.8. The Morgan fingerprint density at radius 1 is 1.07 bits per heavy atom. The largest absolute Gasteiger partial charge is 0.493 e. The number of carbonyl (C=O) groups is 1. The lowest BCUT2D eigenvalue weighted by Gasteiger charge is -2.16. The van der Waals surface area contributed by atoms with Crippen molar-refractivity contribution in [3.8, 4) is 11.5 Å². The molecule has 0 aliphatic rings. The molecule has 2 aromatic carbocycles. The summed E-state index contributed by atoms with van der Waals surface area (Å²) in [4.78, 5) is 12.3. The zero-order valence-electron chi connectivity index (χ0n) is 17.5. The molecule has 0 spiro atoms. The first kappa shape index (κ1) is 21.7. The Balaban J connectivity index is 1.57. The van der Waals surface area contributed by atoms with Crippen LogP contribution >= 0.6 is 11.8 Å². The summed E-state index contributed by atoms with van der Waals surface area (Å²) in [6.07, 6.45) is -0.333. The predicted octanol–water partition coefficient (Wildman–Crippen LogP) is 3.93. The third-order valence-corrected chi connectivity index (χ3v) is 5.63. The van der Waals surface area contributed by atoms with Crippen LogP contribution in [-0.2, 0) is 11.8 Å². The van der Waals surface area contributed by atoms with Gasteiger partial charge in [-0.05, 0) is 31.5 Å². The number of nitrogens with one attached hydrogen (secondary N) is 1. The van der Waals surface area contributed by atoms with Gasteiger partial charge in [0.05, 0.1) is 18.9 Å². The van der Waals surface area contributed by atoms with Crippen LogP contribution in [0.4, 0.5) is 0 Å². The van der Waals surface area contributed by atoms with Crippen LogP contribution in [0.1, 0.15) is 37.4 Å². The number of aromatic nitrogens is 3. The summed E-state index contributed by atoms with van der Waals surface area (Å²) in [5, 5.41) is 12.1. The molecule has 0 radical (unpaired) electrons. The van der Waals surface area contributed by atoms with E-state index >= 15 is 0 Å². The first-order chi connectivity index (χ1) is 14.5. The number of benzene rings is 2. The Labute approximate surface area is 180 Å². The van der Waals surface area contributed by atoms with E-state index < -0.39 is 0 Å². The van der Waals surface area contributed by atoms with Gasteiger partial charge in [0.2, 0.25) is 5.91 Å². The zero-order valence-corrected chi connectivity index (χ0v) is 18.3. The highest BCUT2D eigenvalue weighted by Gasteiger charge is 2.19. The van der Waals surface area contributed by atoms with E-state index in [0.717, 1.165) is 5.56 Å². The lowest BCUT2D eigenvalue weighted by atomic mass is 10.1. The van der Waals surface area contributed by atoms with Crippen molar-refractivity contribution >= 4 is 17.7 Å². The number of amides is 1. The van der Waals surface area contributed by atoms with Crippen molar-refractivity contribution in [2.24, 2.45) is 7.05 Å². The maximum absolute atomic E-state index is 12.3. The number of hydrogen-bond acceptors (Lipinski definition) is 6. The maximum atomic E-state index is 12.3. The van der Waals surface area contributed by atoms with E-state index in [1.54, 1.807) is 7.11 Å². The van der Waals surface area contributed by atoms with Gasteiger partial charge in [-0.15, -0.1) is 10.2 Å². The second-order valence-electron chi connectivity index (χ2n) is 6.80. The molecular formula is C22H26N4O3S. The van der Waals surface area contributed by atoms with Gasteiger partial charge < -0.3 is 19.4 Å². The van der Waals surface area contributed by atoms with Crippen molar-refractivity contribution in [3.05, 3.63) is 66.0 Å². The molecule has 0 aliphatic carbocycles. The molecule has 2 atom stereocenters. The summed E-state index contributed by atoms with van der Waals surface area (Å²) >= 11 is 1.34. The van der Waals surface area contributed by atoms with Crippen molar-refractivity contribution < 1.29 is 14.3 Å². The van der Waals surface area contributed by atoms with Gasteiger partial charge in [-0.3, -0.25) is 4.79 Å². The van der Waals surface area contributed by atoms with E-state index in [9.17, 15) is 4.79 Å². The van der Waals surface area contributed by atoms with Gasteiger partial charge in [0, 0.05) is 7.05 Å². The lowest BCUT2D eigenvalue weighted by Crippen LogP contribution is -2.28. The number of thioether (sulfide) groups is 1. The fraction of sp³-hybridized carbons (Fsp3) is 0.318. The summed E-state index contributed by atoms with van der Waals surface area (Å²) in [5.74, 6) is 2.16. The molecule has 2 unspecified atom stereocenters. The summed E-state index contributed by atoms with van der Waals surface area (Å²) in [6.45, 7) is 3.87. The summed E-state index contributed by atoms with van der Waals surface area (Å²) in [6, 6.07) is 17.3. The monoisotopic (exact) mass is 426 g/mol. The zero-order chi connectivity index (χ0) is 21.5. The third-order valence-electron chi connectivity index (χ3n) is 4.61. The smallest absolute Gasteiger partial charge is 0.230 e. The summed E-state index contributed by atoms with van der Waals surface area (Å²) in [5.41, 5.74) is 1.07. The Morgan fingerprint density at radius 2 is 1.73 bits per heavy atom. The number of methoxy groups -OCH3 is 1. The van der Waals surface area contributed by atoms with Crippen molar-refractivity contribution in [2.45, 2.75) is 31.1 Å². The fourth-order valence-corrected chi connectivity index (χ4v) is 3.73. The third kappa shape index (κ3) is 5.33. The number of ether oxygens (including phenoxy) is 2. The van der Waals surface area contributed by atoms with Crippen molar-refractivity contribution in [3.63, 3.8) is 0 Å². The molecule has 0 bridgehead atoms. The van der Waals surface area contributed by atoms with E-state index in [1.807, 2.05) is 80.1 Å². The summed E-state index contributed by atoms with van der Waals surface area (Å²) < 4.78 is 13.2. The topological polar surface area (TPSA) is 78.3 Å². The number of hydrogen-bond donors (Lipinski definition) is 1. The highest BCUT2D eigenvalue weighted by Crippen LogP contribution is 2.30. The molecule has 30 heavy (non-hydrogen) atoms. The van der Waals surface area contributed by atoms with Gasteiger partial charge >= 0.3 is 0 Å². The fourth-order valence-electron chi connectivity index (χ4n) is 3.00. The molecule has 8 heteroatoms. The molecular weight excluding hydrogens is 400 g/mol. The average molecular weight is 427 g/mol. The molecule has 0 fully saturated rings. The molecule has 1 heterocycles. The Morgan fingerprint density at radius 3 is 2.43 bits per heavy atom. The van der Waals surface area contributed by atoms with Crippen LogP contribution in [0.3, 0.4) is 0 Å². The van der Waals surface area contributed by atoms with Crippen molar-refractivity contribution in [2.75, 3.05) is 12.9 Å². The minimum atomic E-state index is -0.333. The van der Waals surface area contributed by atoms with E-state index in [1.165, 1.54) is 11.8 Å². The van der Waals surface area contributed by atoms with Gasteiger partial charge in [0.1, 0.15) is 0 Å². The second kappa shape index (κ2) is 10.2. The molecule has 0 aliphatic heterocycles. The summed E-state index contributed by atoms with van der Waals surface area (Å²) in [7, 11) is 3.47. The molecule has 158 valence electrons. The molecule has 7 nitrogen and oxygen atoms in total. The first-order valence-corrected chi connectivity index (χ1v) is 10.6. The molecule has 3 aromatic rings. The van der Waals surface area contributed by atoms with Crippen LogP contribution in [0.25, 0.3) is 0 Å². The molecule has 3 rings (SSSR count). The van der Waals surface area contributed by atoms with Crippen LogP contribution in [0, 0.1) is 0 Å². The number of rotatable bonds is 9. The SMILES string of the molecule is COc1ccccc1OC(C)c1nnc(SCC(=O)NC(C)c2ccccc2)n1C. The predicted molar refractivity (Wildman–Crippen MR) is 117 cm³/mol. The second-order valence-corrected chi connectivity index (χ2v) is 7.74. The number of nitrogens with zero attached hydrogens (tertiary/aromatic N) is 3. The van der Waals surface area contributed by atoms with Gasteiger partial charge in [0.25, 0.3) is 0 Å².